The summed E-state index contributed by atoms with van der Waals surface area (Å²) in [5.74, 6) is -0.184. The van der Waals surface area contributed by atoms with Gasteiger partial charge in [-0.25, -0.2) is 22.6 Å². The van der Waals surface area contributed by atoms with E-state index in [0.717, 1.165) is 22.4 Å². The fraction of sp³-hybridized carbons (Fsp3) is 0.425. The maximum Gasteiger partial charge on any atom is 0.408 e. The molecule has 0 bridgehead atoms. The van der Waals surface area contributed by atoms with Gasteiger partial charge >= 0.3 is 6.09 Å². The first-order valence-corrected chi connectivity index (χ1v) is 20.0. The van der Waals surface area contributed by atoms with Crippen molar-refractivity contribution in [3.05, 3.63) is 99.9 Å². The van der Waals surface area contributed by atoms with E-state index >= 15 is 0 Å². The molecule has 5 rings (SSSR count). The Morgan fingerprint density at radius 1 is 1.02 bits per heavy atom. The molecule has 4 aromatic rings. The summed E-state index contributed by atoms with van der Waals surface area (Å²) in [4.78, 5) is 26.7. The van der Waals surface area contributed by atoms with Gasteiger partial charge in [0.1, 0.15) is 29.7 Å². The van der Waals surface area contributed by atoms with Crippen LogP contribution in [0.25, 0.3) is 0 Å². The van der Waals surface area contributed by atoms with Gasteiger partial charge in [0, 0.05) is 24.2 Å². The van der Waals surface area contributed by atoms with E-state index in [1.165, 1.54) is 4.68 Å². The SMILES string of the molecule is Cc1c(C)c(S(=O)(=O)NC(=N)NCCC[C@@H](C(=O)Nc2ccc(CO)cc2)n2cc([C@@H](NC(=O)OCc3ccccc3)C(C)C)nn2)c(C)c2c1OC(C)(C)C2. The van der Waals surface area contributed by atoms with Crippen molar-refractivity contribution in [1.29, 1.82) is 5.41 Å². The number of alkyl carbamates (subject to hydrolysis) is 1. The van der Waals surface area contributed by atoms with E-state index in [0.29, 0.717) is 40.9 Å². The van der Waals surface area contributed by atoms with Crippen molar-refractivity contribution in [1.82, 2.24) is 30.3 Å². The topological polar surface area (TPSA) is 210 Å². The van der Waals surface area contributed by atoms with Crippen LogP contribution in [-0.4, -0.2) is 58.6 Å². The van der Waals surface area contributed by atoms with Gasteiger partial charge in [0.15, 0.2) is 0 Å². The smallest absolute Gasteiger partial charge is 0.408 e. The van der Waals surface area contributed by atoms with E-state index in [9.17, 15) is 23.1 Å². The third-order valence-corrected chi connectivity index (χ3v) is 11.4. The lowest BCUT2D eigenvalue weighted by molar-refractivity contribution is -0.119. The zero-order valence-corrected chi connectivity index (χ0v) is 33.7. The zero-order chi connectivity index (χ0) is 40.8. The number of hydrogen-bond acceptors (Lipinski definition) is 10. The molecule has 0 saturated heterocycles. The molecule has 0 saturated carbocycles. The average Bonchev–Trinajstić information content (AvgIpc) is 3.76. The number of fused-ring (bicyclic) bond motifs is 1. The van der Waals surface area contributed by atoms with Crippen LogP contribution in [0, 0.1) is 32.1 Å². The molecule has 56 heavy (non-hydrogen) atoms. The number of aliphatic hydroxyl groups is 1. The maximum atomic E-state index is 13.8. The molecule has 15 nitrogen and oxygen atoms in total. The second-order valence-corrected chi connectivity index (χ2v) is 16.6. The van der Waals surface area contributed by atoms with Crippen LogP contribution in [0.5, 0.6) is 5.75 Å². The van der Waals surface area contributed by atoms with Gasteiger partial charge < -0.3 is 30.5 Å². The Hall–Kier alpha value is -5.48. The van der Waals surface area contributed by atoms with Gasteiger partial charge in [-0.15, -0.1) is 5.10 Å². The van der Waals surface area contributed by atoms with Gasteiger partial charge in [-0.1, -0.05) is 61.5 Å². The lowest BCUT2D eigenvalue weighted by Crippen LogP contribution is -2.41. The van der Waals surface area contributed by atoms with E-state index in [2.05, 4.69) is 31.0 Å². The molecule has 2 heterocycles. The van der Waals surface area contributed by atoms with Crippen molar-refractivity contribution in [2.75, 3.05) is 11.9 Å². The van der Waals surface area contributed by atoms with Crippen molar-refractivity contribution >= 4 is 33.7 Å². The molecular formula is C40H52N8O7S. The number of aliphatic hydroxyl groups excluding tert-OH is 1. The number of nitrogens with zero attached hydrogens (tertiary/aromatic N) is 3. The van der Waals surface area contributed by atoms with E-state index in [1.807, 2.05) is 65.0 Å². The quantitative estimate of drug-likeness (QED) is 0.0507. The number of anilines is 1. The molecular weight excluding hydrogens is 737 g/mol. The molecule has 0 unspecified atom stereocenters. The Labute approximate surface area is 328 Å². The number of nitrogens with one attached hydrogen (secondary N) is 5. The number of benzene rings is 3. The third-order valence-electron chi connectivity index (χ3n) is 9.78. The summed E-state index contributed by atoms with van der Waals surface area (Å²) in [6, 6.07) is 14.6. The second-order valence-electron chi connectivity index (χ2n) is 15.0. The largest absolute Gasteiger partial charge is 0.487 e. The first-order valence-electron chi connectivity index (χ1n) is 18.6. The fourth-order valence-corrected chi connectivity index (χ4v) is 8.27. The molecule has 1 aliphatic heterocycles. The number of carbonyl (C=O) groups excluding carboxylic acids is 2. The van der Waals surface area contributed by atoms with Crippen molar-refractivity contribution in [2.45, 2.75) is 104 Å². The fourth-order valence-electron chi connectivity index (χ4n) is 6.74. The molecule has 0 radical (unpaired) electrons. The number of carbonyl (C=O) groups is 2. The number of rotatable bonds is 15. The molecule has 0 fully saturated rings. The normalized spacial score (nSPS) is 14.3. The van der Waals surface area contributed by atoms with E-state index in [-0.39, 0.29) is 37.0 Å². The number of ether oxygens (including phenoxy) is 2. The minimum atomic E-state index is -4.12. The van der Waals surface area contributed by atoms with Crippen molar-refractivity contribution in [3.8, 4) is 5.75 Å². The highest BCUT2D eigenvalue weighted by Gasteiger charge is 2.37. The Morgan fingerprint density at radius 2 is 1.71 bits per heavy atom. The van der Waals surface area contributed by atoms with Gasteiger partial charge in [0.2, 0.25) is 11.9 Å². The Bertz CT molecular complexity index is 2150. The molecule has 0 aliphatic carbocycles. The molecule has 2 amide bonds. The molecule has 6 N–H and O–H groups in total. The summed E-state index contributed by atoms with van der Waals surface area (Å²) in [7, 11) is -4.12. The monoisotopic (exact) mass is 788 g/mol. The molecule has 0 spiro atoms. The Kier molecular flexibility index (Phi) is 13.1. The Morgan fingerprint density at radius 3 is 2.38 bits per heavy atom. The second kappa shape index (κ2) is 17.5. The first kappa shape index (κ1) is 41.7. The number of hydrogen-bond donors (Lipinski definition) is 6. The molecule has 16 heteroatoms. The maximum absolute atomic E-state index is 13.8. The zero-order valence-electron chi connectivity index (χ0n) is 32.9. The highest BCUT2D eigenvalue weighted by Crippen LogP contribution is 2.43. The van der Waals surface area contributed by atoms with Gasteiger partial charge in [-0.3, -0.25) is 10.2 Å². The van der Waals surface area contributed by atoms with Gasteiger partial charge in [-0.2, -0.15) is 0 Å². The number of sulfonamides is 1. The summed E-state index contributed by atoms with van der Waals surface area (Å²) in [6.45, 7) is 13.2. The van der Waals surface area contributed by atoms with Gasteiger partial charge in [-0.05, 0) is 93.3 Å². The van der Waals surface area contributed by atoms with Crippen LogP contribution < -0.4 is 25.4 Å². The van der Waals surface area contributed by atoms with Crippen molar-refractivity contribution < 1.29 is 32.6 Å². The van der Waals surface area contributed by atoms with Crippen molar-refractivity contribution in [2.24, 2.45) is 5.92 Å². The van der Waals surface area contributed by atoms with Crippen LogP contribution >= 0.6 is 0 Å². The van der Waals surface area contributed by atoms with Crippen LogP contribution in [-0.2, 0) is 39.2 Å². The van der Waals surface area contributed by atoms with E-state index in [1.54, 1.807) is 44.3 Å². The molecule has 2 atom stereocenters. The first-order chi connectivity index (χ1) is 26.5. The number of amides is 2. The van der Waals surface area contributed by atoms with Crippen LogP contribution in [0.15, 0.2) is 65.7 Å². The summed E-state index contributed by atoms with van der Waals surface area (Å²) < 4.78 is 42.7. The van der Waals surface area contributed by atoms with E-state index in [4.69, 9.17) is 14.9 Å². The summed E-state index contributed by atoms with van der Waals surface area (Å²) in [5.41, 5.74) is 4.77. The predicted octanol–water partition coefficient (Wildman–Crippen LogP) is 5.50. The molecule has 300 valence electrons. The average molecular weight is 789 g/mol. The van der Waals surface area contributed by atoms with Gasteiger partial charge in [0.25, 0.3) is 10.0 Å². The molecule has 1 aromatic heterocycles. The minimum Gasteiger partial charge on any atom is -0.487 e. The third kappa shape index (κ3) is 10.0. The number of aromatic nitrogens is 3. The Balaban J connectivity index is 1.26. The summed E-state index contributed by atoms with van der Waals surface area (Å²) in [5, 5.41) is 35.1. The van der Waals surface area contributed by atoms with Crippen molar-refractivity contribution in [3.63, 3.8) is 0 Å². The molecule has 3 aromatic carbocycles. The predicted molar refractivity (Wildman–Crippen MR) is 212 cm³/mol. The minimum absolute atomic E-state index is 0.0968. The number of guanidine groups is 1. The van der Waals surface area contributed by atoms with Crippen LogP contribution in [0.3, 0.4) is 0 Å². The van der Waals surface area contributed by atoms with E-state index < -0.39 is 45.7 Å². The summed E-state index contributed by atoms with van der Waals surface area (Å²) >= 11 is 0. The highest BCUT2D eigenvalue weighted by molar-refractivity contribution is 7.90. The lowest BCUT2D eigenvalue weighted by Gasteiger charge is -2.20. The van der Waals surface area contributed by atoms with Crippen LogP contribution in [0.4, 0.5) is 10.5 Å². The van der Waals surface area contributed by atoms with Crippen LogP contribution in [0.1, 0.15) is 91.7 Å². The summed E-state index contributed by atoms with van der Waals surface area (Å²) in [6.07, 6.45) is 2.12. The van der Waals surface area contributed by atoms with Crippen LogP contribution in [0.2, 0.25) is 0 Å². The standard InChI is InChI=1S/C40H52N8O7S/c1-24(2)34(44-39(51)54-23-29-12-9-8-10-13-29)32-21-48(47-45-32)33(37(50)43-30-17-15-28(22-49)16-18-30)14-11-19-42-38(41)46-56(52,53)36-26(4)25(3)35-31(27(36)5)20-40(6,7)55-35/h8-10,12-13,15-18,21,24,33-34,49H,11,14,19-20,22-23H2,1-7H3,(H,43,50)(H,44,51)(H3,41,42,46)/t33-,34-/m0/s1. The van der Waals surface area contributed by atoms with Gasteiger partial charge in [0.05, 0.1) is 23.7 Å². The molecule has 1 aliphatic rings. The highest BCUT2D eigenvalue weighted by atomic mass is 32.2. The lowest BCUT2D eigenvalue weighted by atomic mass is 9.94.